The van der Waals surface area contributed by atoms with E-state index >= 15 is 0 Å². The Hall–Kier alpha value is -2.03. The maximum absolute atomic E-state index is 13.5. The van der Waals surface area contributed by atoms with Gasteiger partial charge in [-0.05, 0) is 55.8 Å². The number of carbonyl (C=O) groups is 1. The molecule has 1 amide bonds. The van der Waals surface area contributed by atoms with Gasteiger partial charge in [-0.15, -0.1) is 12.4 Å². The predicted molar refractivity (Wildman–Crippen MR) is 111 cm³/mol. The van der Waals surface area contributed by atoms with Gasteiger partial charge in [-0.3, -0.25) is 15.2 Å². The third-order valence-electron chi connectivity index (χ3n) is 4.74. The van der Waals surface area contributed by atoms with Crippen molar-refractivity contribution in [3.8, 4) is 0 Å². The van der Waals surface area contributed by atoms with Gasteiger partial charge in [0.15, 0.2) is 0 Å². The molecule has 3 rings (SSSR count). The number of ether oxygens (including phenoxy) is 1. The van der Waals surface area contributed by atoms with Gasteiger partial charge in [0.05, 0.1) is 0 Å². The van der Waals surface area contributed by atoms with Gasteiger partial charge in [0.2, 0.25) is 6.10 Å². The van der Waals surface area contributed by atoms with Crippen LogP contribution in [0.2, 0.25) is 5.02 Å². The van der Waals surface area contributed by atoms with Crippen LogP contribution in [0.25, 0.3) is 0 Å². The number of hydrogen-bond donors (Lipinski definition) is 1. The number of likely N-dealkylation sites (tertiary alicyclic amines) is 1. The topological polar surface area (TPSA) is 54.5 Å². The third-order valence-corrected chi connectivity index (χ3v) is 4.99. The lowest BCUT2D eigenvalue weighted by Crippen LogP contribution is -2.47. The minimum absolute atomic E-state index is 0. The second-order valence-electron chi connectivity index (χ2n) is 6.92. The van der Waals surface area contributed by atoms with Crippen LogP contribution in [0.5, 0.6) is 0 Å². The van der Waals surface area contributed by atoms with E-state index in [4.69, 9.17) is 16.3 Å². The highest BCUT2D eigenvalue weighted by Crippen LogP contribution is 2.29. The number of nitrogens with one attached hydrogen (secondary N) is 1. The Balaban J connectivity index is 0.00000320. The minimum Gasteiger partial charge on any atom is -0.435 e. The Bertz CT molecular complexity index is 807. The number of rotatable bonds is 5. The van der Waals surface area contributed by atoms with E-state index in [1.54, 1.807) is 17.2 Å². The number of benzene rings is 1. The first-order valence-corrected chi connectivity index (χ1v) is 9.62. The monoisotopic (exact) mass is 463 g/mol. The maximum atomic E-state index is 13.5. The molecular weight excluding hydrogens is 442 g/mol. The molecule has 1 aliphatic rings. The molecule has 1 N–H and O–H groups in total. The molecule has 0 spiro atoms. The van der Waals surface area contributed by atoms with Crippen molar-refractivity contribution in [1.82, 2.24) is 9.88 Å². The molecule has 0 aliphatic carbocycles. The second-order valence-corrected chi connectivity index (χ2v) is 7.36. The summed E-state index contributed by atoms with van der Waals surface area (Å²) in [4.78, 5) is 18.0. The number of carbonyl (C=O) groups excluding carboxylic acids is 1. The fourth-order valence-corrected chi connectivity index (χ4v) is 3.46. The molecule has 0 saturated carbocycles. The van der Waals surface area contributed by atoms with E-state index in [9.17, 15) is 18.0 Å². The molecule has 30 heavy (non-hydrogen) atoms. The quantitative estimate of drug-likeness (QED) is 0.634. The highest BCUT2D eigenvalue weighted by Gasteiger charge is 2.44. The van der Waals surface area contributed by atoms with Gasteiger partial charge in [-0.25, -0.2) is 4.79 Å². The van der Waals surface area contributed by atoms with E-state index in [1.807, 2.05) is 12.1 Å². The largest absolute Gasteiger partial charge is 0.435 e. The summed E-state index contributed by atoms with van der Waals surface area (Å²) < 4.78 is 45.2. The number of anilines is 1. The number of aromatic nitrogens is 1. The van der Waals surface area contributed by atoms with Crippen LogP contribution < -0.4 is 5.32 Å². The van der Waals surface area contributed by atoms with Crippen molar-refractivity contribution < 1.29 is 22.7 Å². The van der Waals surface area contributed by atoms with E-state index in [1.165, 1.54) is 24.3 Å². The molecular formula is C20H22Cl2F3N3O2. The van der Waals surface area contributed by atoms with Gasteiger partial charge in [-0.2, -0.15) is 13.2 Å². The van der Waals surface area contributed by atoms with Gasteiger partial charge in [-0.1, -0.05) is 17.7 Å². The molecule has 1 saturated heterocycles. The van der Waals surface area contributed by atoms with Gasteiger partial charge in [0, 0.05) is 41.6 Å². The van der Waals surface area contributed by atoms with E-state index in [0.29, 0.717) is 23.8 Å². The molecule has 0 radical (unpaired) electrons. The Morgan fingerprint density at radius 2 is 2.00 bits per heavy atom. The Morgan fingerprint density at radius 3 is 2.63 bits per heavy atom. The lowest BCUT2D eigenvalue weighted by atomic mass is 9.94. The van der Waals surface area contributed by atoms with Gasteiger partial charge in [0.25, 0.3) is 0 Å². The molecule has 0 bridgehead atoms. The molecule has 1 aromatic carbocycles. The highest BCUT2D eigenvalue weighted by atomic mass is 35.5. The zero-order chi connectivity index (χ0) is 20.9. The Labute approximate surface area is 184 Å². The van der Waals surface area contributed by atoms with E-state index < -0.39 is 24.9 Å². The smallest absolute Gasteiger partial charge is 0.426 e. The number of amides is 1. The molecule has 10 heteroatoms. The fraction of sp³-hybridized carbons (Fsp3) is 0.400. The first kappa shape index (κ1) is 24.2. The van der Waals surface area contributed by atoms with Crippen LogP contribution in [0.4, 0.5) is 23.7 Å². The number of piperidine rings is 1. The Kier molecular flexibility index (Phi) is 8.76. The van der Waals surface area contributed by atoms with Crippen LogP contribution in [0.15, 0.2) is 48.7 Å². The van der Waals surface area contributed by atoms with Crippen molar-refractivity contribution in [2.45, 2.75) is 31.0 Å². The van der Waals surface area contributed by atoms with Crippen molar-refractivity contribution >= 4 is 35.8 Å². The normalized spacial score (nSPS) is 18.2. The van der Waals surface area contributed by atoms with Crippen LogP contribution in [0.3, 0.4) is 0 Å². The predicted octanol–water partition coefficient (Wildman–Crippen LogP) is 5.52. The number of pyridine rings is 1. The third kappa shape index (κ3) is 7.04. The molecule has 1 unspecified atom stereocenters. The lowest BCUT2D eigenvalue weighted by Gasteiger charge is -2.34. The average molecular weight is 464 g/mol. The summed E-state index contributed by atoms with van der Waals surface area (Å²) in [5, 5.41) is 2.74. The highest BCUT2D eigenvalue weighted by molar-refractivity contribution is 6.30. The van der Waals surface area contributed by atoms with Crippen molar-refractivity contribution in [1.29, 1.82) is 0 Å². The van der Waals surface area contributed by atoms with Gasteiger partial charge >= 0.3 is 12.3 Å². The molecule has 1 aromatic heterocycles. The average Bonchev–Trinajstić information content (AvgIpc) is 2.69. The van der Waals surface area contributed by atoms with Crippen LogP contribution in [0.1, 0.15) is 24.5 Å². The van der Waals surface area contributed by atoms with E-state index in [-0.39, 0.29) is 18.3 Å². The molecule has 2 heterocycles. The molecule has 164 valence electrons. The van der Waals surface area contributed by atoms with E-state index in [0.717, 1.165) is 18.5 Å². The number of alkyl halides is 3. The zero-order valence-electron chi connectivity index (χ0n) is 15.9. The van der Waals surface area contributed by atoms with Crippen molar-refractivity contribution in [3.05, 3.63) is 59.4 Å². The van der Waals surface area contributed by atoms with Crippen molar-refractivity contribution in [3.63, 3.8) is 0 Å². The number of halogens is 5. The molecule has 1 aliphatic heterocycles. The first-order valence-electron chi connectivity index (χ1n) is 9.24. The van der Waals surface area contributed by atoms with Crippen molar-refractivity contribution in [2.75, 3.05) is 25.0 Å². The molecule has 2 aromatic rings. The summed E-state index contributed by atoms with van der Waals surface area (Å²) in [6.45, 7) is 0.532. The summed E-state index contributed by atoms with van der Waals surface area (Å²) in [7, 11) is 0. The summed E-state index contributed by atoms with van der Waals surface area (Å²) in [6.07, 6.45) is -4.76. The minimum atomic E-state index is -4.67. The standard InChI is InChI=1S/C20H21ClF3N3O2.ClH/c21-15-6-8-16(9-7-15)26-19(28)29-18(20(22,23)24)13-27-11-3-4-14(12-27)17-5-1-2-10-25-17;/h1-2,5-10,14,18H,3-4,11-13H2,(H,26,28);1H/t14?,18-;/m0./s1. The molecule has 2 atom stereocenters. The summed E-state index contributed by atoms with van der Waals surface area (Å²) >= 11 is 5.75. The molecule has 1 fully saturated rings. The van der Waals surface area contributed by atoms with Crippen LogP contribution in [0, 0.1) is 0 Å². The lowest BCUT2D eigenvalue weighted by molar-refractivity contribution is -0.207. The van der Waals surface area contributed by atoms with Gasteiger partial charge in [0.1, 0.15) is 0 Å². The maximum Gasteiger partial charge on any atom is 0.426 e. The SMILES string of the molecule is Cl.O=C(Nc1ccc(Cl)cc1)O[C@@H](CN1CCCC(c2ccccn2)C1)C(F)(F)F. The summed E-state index contributed by atoms with van der Waals surface area (Å²) in [5.41, 5.74) is 1.16. The zero-order valence-corrected chi connectivity index (χ0v) is 17.5. The van der Waals surface area contributed by atoms with Gasteiger partial charge < -0.3 is 4.74 Å². The summed E-state index contributed by atoms with van der Waals surface area (Å²) in [5.74, 6) is 0.0572. The summed E-state index contributed by atoms with van der Waals surface area (Å²) in [6, 6.07) is 11.5. The van der Waals surface area contributed by atoms with Crippen molar-refractivity contribution in [2.24, 2.45) is 0 Å². The van der Waals surface area contributed by atoms with Crippen LogP contribution >= 0.6 is 24.0 Å². The fourth-order valence-electron chi connectivity index (χ4n) is 3.33. The first-order chi connectivity index (χ1) is 13.8. The molecule has 5 nitrogen and oxygen atoms in total. The van der Waals surface area contributed by atoms with Crippen LogP contribution in [-0.2, 0) is 4.74 Å². The second kappa shape index (κ2) is 10.8. The Morgan fingerprint density at radius 1 is 1.27 bits per heavy atom. The number of nitrogens with zero attached hydrogens (tertiary/aromatic N) is 2. The van der Waals surface area contributed by atoms with E-state index in [2.05, 4.69) is 10.3 Å². The van der Waals surface area contributed by atoms with Crippen LogP contribution in [-0.4, -0.2) is 47.9 Å². The number of hydrogen-bond acceptors (Lipinski definition) is 4.